The summed E-state index contributed by atoms with van der Waals surface area (Å²) in [6.45, 7) is 4.36. The Hall–Kier alpha value is -2.38. The van der Waals surface area contributed by atoms with E-state index in [0.29, 0.717) is 16.8 Å². The van der Waals surface area contributed by atoms with Crippen molar-refractivity contribution >= 4 is 33.1 Å². The van der Waals surface area contributed by atoms with Gasteiger partial charge < -0.3 is 15.2 Å². The average Bonchev–Trinajstić information content (AvgIpc) is 3.24. The number of aryl methyl sites for hydroxylation is 1. The number of sulfone groups is 1. The van der Waals surface area contributed by atoms with Crippen molar-refractivity contribution in [3.63, 3.8) is 0 Å². The fraction of sp³-hybridized carbons (Fsp3) is 0.480. The number of hydrogen-bond acceptors (Lipinski definition) is 4. The molecule has 2 heterocycles. The fourth-order valence-electron chi connectivity index (χ4n) is 4.66. The van der Waals surface area contributed by atoms with E-state index >= 15 is 0 Å². The molecule has 1 amide bonds. The molecule has 1 aromatic carbocycles. The lowest BCUT2D eigenvalue weighted by molar-refractivity contribution is -0.110. The van der Waals surface area contributed by atoms with Crippen molar-refractivity contribution in [3.8, 4) is 0 Å². The number of carbonyl (C=O) groups excluding carboxylic acids is 1. The number of nitrogens with zero attached hydrogens (tertiary/aromatic N) is 1. The molecule has 2 aliphatic rings. The molecule has 2 aromatic rings. The second-order valence-corrected chi connectivity index (χ2v) is 11.9. The van der Waals surface area contributed by atoms with Gasteiger partial charge in [-0.2, -0.15) is 0 Å². The van der Waals surface area contributed by atoms with Gasteiger partial charge in [0.25, 0.3) is 5.91 Å². The van der Waals surface area contributed by atoms with Crippen molar-refractivity contribution in [2.45, 2.75) is 62.5 Å². The predicted octanol–water partition coefficient (Wildman–Crippen LogP) is 4.06. The number of rotatable bonds is 7. The van der Waals surface area contributed by atoms with Crippen molar-refractivity contribution in [1.82, 2.24) is 9.88 Å². The van der Waals surface area contributed by atoms with Gasteiger partial charge in [0.05, 0.1) is 15.7 Å². The number of H-pyrrole nitrogens is 1. The van der Waals surface area contributed by atoms with Crippen LogP contribution < -0.4 is 5.32 Å². The molecule has 7 heteroatoms. The summed E-state index contributed by atoms with van der Waals surface area (Å²) in [5.74, 6) is -0.189. The van der Waals surface area contributed by atoms with Gasteiger partial charge in [0.2, 0.25) is 0 Å². The Bertz CT molecular complexity index is 1170. The van der Waals surface area contributed by atoms with Gasteiger partial charge >= 0.3 is 0 Å². The van der Waals surface area contributed by atoms with Crippen molar-refractivity contribution in [1.29, 1.82) is 0 Å². The predicted molar refractivity (Wildman–Crippen MR) is 130 cm³/mol. The van der Waals surface area contributed by atoms with E-state index in [4.69, 9.17) is 0 Å². The number of nitrogens with one attached hydrogen (secondary N) is 2. The fourth-order valence-corrected chi connectivity index (χ4v) is 5.75. The molecular formula is C25H33N3O3S. The Kier molecular flexibility index (Phi) is 6.32. The van der Waals surface area contributed by atoms with Crippen molar-refractivity contribution in [2.75, 3.05) is 26.0 Å². The molecule has 4 rings (SSSR count). The first-order chi connectivity index (χ1) is 15.2. The van der Waals surface area contributed by atoms with Crippen LogP contribution in [0.1, 0.15) is 61.2 Å². The number of aromatic nitrogens is 1. The Balaban J connectivity index is 1.77. The van der Waals surface area contributed by atoms with E-state index in [2.05, 4.69) is 29.3 Å². The summed E-state index contributed by atoms with van der Waals surface area (Å²) in [5, 5.41) is 2.38. The zero-order valence-electron chi connectivity index (χ0n) is 19.4. The van der Waals surface area contributed by atoms with Gasteiger partial charge in [0.1, 0.15) is 0 Å². The monoisotopic (exact) mass is 455 g/mol. The highest BCUT2D eigenvalue weighted by molar-refractivity contribution is 7.92. The van der Waals surface area contributed by atoms with Gasteiger partial charge in [0, 0.05) is 22.6 Å². The smallest absolute Gasteiger partial charge is 0.256 e. The molecule has 0 bridgehead atoms. The van der Waals surface area contributed by atoms with Crippen LogP contribution in [-0.4, -0.2) is 50.1 Å². The molecule has 0 radical (unpaired) electrons. The Labute approximate surface area is 191 Å². The Morgan fingerprint density at radius 1 is 1.16 bits per heavy atom. The summed E-state index contributed by atoms with van der Waals surface area (Å²) in [4.78, 5) is 18.9. The zero-order valence-corrected chi connectivity index (χ0v) is 20.2. The Morgan fingerprint density at radius 2 is 1.91 bits per heavy atom. The van der Waals surface area contributed by atoms with Crippen LogP contribution in [0.5, 0.6) is 0 Å². The number of hydrogen-bond donors (Lipinski definition) is 2. The van der Waals surface area contributed by atoms with E-state index in [9.17, 15) is 13.2 Å². The topological polar surface area (TPSA) is 82.3 Å². The minimum atomic E-state index is -3.42. The molecule has 172 valence electrons. The summed E-state index contributed by atoms with van der Waals surface area (Å²) in [7, 11) is 0.741. The molecule has 1 aliphatic heterocycles. The van der Waals surface area contributed by atoms with Gasteiger partial charge in [-0.15, -0.1) is 0 Å². The first kappa shape index (κ1) is 22.8. The average molecular weight is 456 g/mol. The van der Waals surface area contributed by atoms with Crippen LogP contribution >= 0.6 is 0 Å². The lowest BCUT2D eigenvalue weighted by Crippen LogP contribution is -2.14. The van der Waals surface area contributed by atoms with E-state index in [0.717, 1.165) is 37.9 Å². The Morgan fingerprint density at radius 3 is 2.62 bits per heavy atom. The van der Waals surface area contributed by atoms with Gasteiger partial charge in [0.15, 0.2) is 9.84 Å². The van der Waals surface area contributed by atoms with Gasteiger partial charge in [-0.25, -0.2) is 8.42 Å². The third-order valence-corrected chi connectivity index (χ3v) is 8.64. The van der Waals surface area contributed by atoms with Gasteiger partial charge in [-0.3, -0.25) is 4.79 Å². The molecule has 1 aromatic heterocycles. The van der Waals surface area contributed by atoms with Crippen LogP contribution in [0.25, 0.3) is 11.6 Å². The third kappa shape index (κ3) is 4.28. The summed E-state index contributed by atoms with van der Waals surface area (Å²) >= 11 is 0. The number of amides is 1. The zero-order chi connectivity index (χ0) is 23.0. The van der Waals surface area contributed by atoms with E-state index in [1.807, 2.05) is 6.08 Å². The van der Waals surface area contributed by atoms with E-state index in [-0.39, 0.29) is 10.8 Å². The number of benzene rings is 1. The summed E-state index contributed by atoms with van der Waals surface area (Å²) in [5.41, 5.74) is 6.84. The maximum Gasteiger partial charge on any atom is 0.256 e. The maximum absolute atomic E-state index is 12.8. The molecule has 2 N–H and O–H groups in total. The normalized spacial score (nSPS) is 17.2. The van der Waals surface area contributed by atoms with E-state index in [1.165, 1.54) is 29.7 Å². The van der Waals surface area contributed by atoms with Crippen LogP contribution in [0.4, 0.5) is 5.69 Å². The second-order valence-electron chi connectivity index (χ2n) is 9.40. The molecular weight excluding hydrogens is 422 g/mol. The molecule has 32 heavy (non-hydrogen) atoms. The first-order valence-electron chi connectivity index (χ1n) is 11.5. The van der Waals surface area contributed by atoms with Crippen LogP contribution in [0.2, 0.25) is 0 Å². The number of fused-ring (bicyclic) bond motifs is 2. The highest BCUT2D eigenvalue weighted by Gasteiger charge is 2.29. The largest absolute Gasteiger partial charge is 0.358 e. The molecule has 0 spiro atoms. The molecule has 0 unspecified atom stereocenters. The summed E-state index contributed by atoms with van der Waals surface area (Å²) < 4.78 is 25.4. The molecule has 6 nitrogen and oxygen atoms in total. The van der Waals surface area contributed by atoms with Crippen LogP contribution in [0, 0.1) is 0 Å². The molecule has 0 saturated carbocycles. The lowest BCUT2D eigenvalue weighted by atomic mass is 9.92. The highest BCUT2D eigenvalue weighted by atomic mass is 32.2. The van der Waals surface area contributed by atoms with Gasteiger partial charge in [-0.05, 0) is 108 Å². The van der Waals surface area contributed by atoms with Crippen LogP contribution in [0.15, 0.2) is 23.1 Å². The molecule has 0 saturated heterocycles. The summed E-state index contributed by atoms with van der Waals surface area (Å²) in [6, 6.07) is 4.92. The number of anilines is 1. The second kappa shape index (κ2) is 8.87. The molecule has 0 atom stereocenters. The minimum Gasteiger partial charge on any atom is -0.358 e. The molecule has 1 aliphatic carbocycles. The number of aromatic amines is 1. The first-order valence-corrected chi connectivity index (χ1v) is 13.0. The third-order valence-electron chi connectivity index (χ3n) is 6.49. The van der Waals surface area contributed by atoms with Crippen molar-refractivity contribution < 1.29 is 13.2 Å². The minimum absolute atomic E-state index is 0.189. The van der Waals surface area contributed by atoms with Crippen LogP contribution in [0.3, 0.4) is 0 Å². The van der Waals surface area contributed by atoms with Crippen LogP contribution in [-0.2, 0) is 33.9 Å². The number of carbonyl (C=O) groups is 1. The SMILES string of the molecule is CC(C)S(=O)(=O)c1ccc2c(c1)/C(=C/c1[nH]c3c(c1CCCN(C)C)CCCC3)C(=O)N2. The van der Waals surface area contributed by atoms with Crippen molar-refractivity contribution in [2.24, 2.45) is 0 Å². The lowest BCUT2D eigenvalue weighted by Gasteiger charge is -2.14. The maximum atomic E-state index is 12.8. The highest BCUT2D eigenvalue weighted by Crippen LogP contribution is 2.37. The molecule has 0 fully saturated rings. The quantitative estimate of drug-likeness (QED) is 0.617. The van der Waals surface area contributed by atoms with E-state index < -0.39 is 15.1 Å². The summed E-state index contributed by atoms with van der Waals surface area (Å²) in [6.07, 6.45) is 8.43. The van der Waals surface area contributed by atoms with Gasteiger partial charge in [-0.1, -0.05) is 0 Å². The van der Waals surface area contributed by atoms with Crippen molar-refractivity contribution in [3.05, 3.63) is 46.3 Å². The standard InChI is InChI=1S/C25H33N3O3S/c1-16(2)32(30,31)17-11-12-23-20(14-17)21(25(29)27-23)15-24-19(9-7-13-28(3)4)18-8-5-6-10-22(18)26-24/h11-12,14-16,26H,5-10,13H2,1-4H3,(H,27,29)/b21-15-. The van der Waals surface area contributed by atoms with E-state index in [1.54, 1.807) is 32.0 Å².